The third kappa shape index (κ3) is 2.96. The quantitative estimate of drug-likeness (QED) is 0.520. The van der Waals surface area contributed by atoms with Crippen molar-refractivity contribution < 1.29 is 8.83 Å². The van der Waals surface area contributed by atoms with Crippen molar-refractivity contribution in [3.63, 3.8) is 0 Å². The van der Waals surface area contributed by atoms with E-state index in [0.29, 0.717) is 28.2 Å². The van der Waals surface area contributed by atoms with Crippen LogP contribution < -0.4 is 5.56 Å². The maximum Gasteiger partial charge on any atom is 0.277 e. The number of aryl methyl sites for hydroxylation is 2. The lowest BCUT2D eigenvalue weighted by Gasteiger charge is -2.05. The van der Waals surface area contributed by atoms with Crippen molar-refractivity contribution in [2.75, 3.05) is 0 Å². The molecule has 4 aromatic heterocycles. The Morgan fingerprint density at radius 3 is 2.92 bits per heavy atom. The van der Waals surface area contributed by atoms with Crippen molar-refractivity contribution in [3.05, 3.63) is 64.1 Å². The molecule has 0 aromatic carbocycles. The molecule has 0 atom stereocenters. The highest BCUT2D eigenvalue weighted by molar-refractivity contribution is 7.98. The minimum atomic E-state index is -0.107. The van der Waals surface area contributed by atoms with Crippen LogP contribution in [0.4, 0.5) is 0 Å². The van der Waals surface area contributed by atoms with Gasteiger partial charge in [-0.15, -0.1) is 10.2 Å². The molecule has 25 heavy (non-hydrogen) atoms. The van der Waals surface area contributed by atoms with Crippen LogP contribution in [0, 0.1) is 13.8 Å². The van der Waals surface area contributed by atoms with Crippen molar-refractivity contribution in [2.24, 2.45) is 0 Å². The van der Waals surface area contributed by atoms with E-state index in [1.165, 1.54) is 22.2 Å². The normalized spacial score (nSPS) is 11.3. The summed E-state index contributed by atoms with van der Waals surface area (Å²) in [6, 6.07) is 7.07. The molecule has 4 heterocycles. The molecule has 0 aliphatic rings. The molecule has 0 radical (unpaired) electrons. The van der Waals surface area contributed by atoms with Crippen molar-refractivity contribution in [1.29, 1.82) is 0 Å². The second kappa shape index (κ2) is 6.21. The lowest BCUT2D eigenvalue weighted by atomic mass is 10.3. The average molecular weight is 354 g/mol. The molecule has 0 bridgehead atoms. The highest BCUT2D eigenvalue weighted by atomic mass is 32.2. The molecule has 4 rings (SSSR count). The first-order valence-electron chi connectivity index (χ1n) is 7.60. The Kier molecular flexibility index (Phi) is 3.89. The molecule has 0 aliphatic heterocycles. The Labute approximate surface area is 146 Å². The van der Waals surface area contributed by atoms with Gasteiger partial charge in [-0.05, 0) is 31.5 Å². The van der Waals surface area contributed by atoms with E-state index >= 15 is 0 Å². The van der Waals surface area contributed by atoms with E-state index in [1.54, 1.807) is 18.5 Å². The number of hydrogen-bond donors (Lipinski definition) is 0. The Morgan fingerprint density at radius 1 is 1.24 bits per heavy atom. The summed E-state index contributed by atoms with van der Waals surface area (Å²) in [4.78, 5) is 16.8. The fourth-order valence-electron chi connectivity index (χ4n) is 2.50. The standard InChI is InChI=1S/C17H14N4O3S/c1-10-4-3-6-21-14(22)8-12(18-15(10)21)9-25-17-20-19-16(24-17)13-5-7-23-11(13)2/h3-8H,9H2,1-2H3. The molecule has 0 fully saturated rings. The fraction of sp³-hybridized carbons (Fsp3) is 0.176. The van der Waals surface area contributed by atoms with Crippen LogP contribution in [-0.4, -0.2) is 19.6 Å². The predicted octanol–water partition coefficient (Wildman–Crippen LogP) is 3.25. The third-order valence-corrected chi connectivity index (χ3v) is 4.63. The monoisotopic (exact) mass is 354 g/mol. The number of nitrogens with zero attached hydrogens (tertiary/aromatic N) is 4. The molecule has 0 saturated heterocycles. The van der Waals surface area contributed by atoms with E-state index in [2.05, 4.69) is 15.2 Å². The highest BCUT2D eigenvalue weighted by Gasteiger charge is 2.14. The zero-order valence-electron chi connectivity index (χ0n) is 13.6. The second-order valence-electron chi connectivity index (χ2n) is 5.52. The molecule has 126 valence electrons. The molecule has 7 nitrogen and oxygen atoms in total. The minimum absolute atomic E-state index is 0.107. The average Bonchev–Trinajstić information content (AvgIpc) is 3.22. The molecule has 0 unspecified atom stereocenters. The zero-order valence-corrected chi connectivity index (χ0v) is 14.4. The van der Waals surface area contributed by atoms with Gasteiger partial charge < -0.3 is 8.83 Å². The van der Waals surface area contributed by atoms with E-state index in [4.69, 9.17) is 8.83 Å². The first kappa shape index (κ1) is 15.6. The molecule has 0 N–H and O–H groups in total. The minimum Gasteiger partial charge on any atom is -0.469 e. The van der Waals surface area contributed by atoms with Gasteiger partial charge in [-0.3, -0.25) is 9.20 Å². The number of thioether (sulfide) groups is 1. The largest absolute Gasteiger partial charge is 0.469 e. The van der Waals surface area contributed by atoms with Crippen LogP contribution in [0.3, 0.4) is 0 Å². The number of aromatic nitrogens is 4. The molecule has 0 saturated carbocycles. The Bertz CT molecular complexity index is 1110. The summed E-state index contributed by atoms with van der Waals surface area (Å²) in [6.45, 7) is 3.76. The van der Waals surface area contributed by atoms with Gasteiger partial charge in [-0.25, -0.2) is 4.98 Å². The second-order valence-corrected chi connectivity index (χ2v) is 6.45. The van der Waals surface area contributed by atoms with Crippen LogP contribution >= 0.6 is 11.8 Å². The summed E-state index contributed by atoms with van der Waals surface area (Å²) < 4.78 is 12.4. The maximum absolute atomic E-state index is 12.2. The summed E-state index contributed by atoms with van der Waals surface area (Å²) >= 11 is 1.34. The summed E-state index contributed by atoms with van der Waals surface area (Å²) in [6.07, 6.45) is 3.29. The van der Waals surface area contributed by atoms with Gasteiger partial charge in [0.15, 0.2) is 0 Å². The number of fused-ring (bicyclic) bond motifs is 1. The van der Waals surface area contributed by atoms with Gasteiger partial charge >= 0.3 is 0 Å². The maximum atomic E-state index is 12.2. The van der Waals surface area contributed by atoms with Crippen LogP contribution in [0.1, 0.15) is 17.0 Å². The van der Waals surface area contributed by atoms with Crippen LogP contribution in [-0.2, 0) is 5.75 Å². The molecule has 0 amide bonds. The van der Waals surface area contributed by atoms with Gasteiger partial charge in [0.25, 0.3) is 16.7 Å². The van der Waals surface area contributed by atoms with Crippen LogP contribution in [0.5, 0.6) is 0 Å². The van der Waals surface area contributed by atoms with Crippen molar-refractivity contribution in [3.8, 4) is 11.5 Å². The fourth-order valence-corrected chi connectivity index (χ4v) is 3.16. The van der Waals surface area contributed by atoms with Crippen LogP contribution in [0.25, 0.3) is 17.1 Å². The molecular formula is C17H14N4O3S. The summed E-state index contributed by atoms with van der Waals surface area (Å²) in [5.41, 5.74) is 2.94. The van der Waals surface area contributed by atoms with E-state index < -0.39 is 0 Å². The molecular weight excluding hydrogens is 340 g/mol. The zero-order chi connectivity index (χ0) is 17.4. The summed E-state index contributed by atoms with van der Waals surface area (Å²) in [5.74, 6) is 1.60. The van der Waals surface area contributed by atoms with Crippen molar-refractivity contribution in [1.82, 2.24) is 19.6 Å². The molecule has 4 aromatic rings. The third-order valence-electron chi connectivity index (χ3n) is 3.78. The number of pyridine rings is 1. The first-order valence-corrected chi connectivity index (χ1v) is 8.59. The Balaban J connectivity index is 1.57. The molecule has 8 heteroatoms. The van der Waals surface area contributed by atoms with Gasteiger partial charge in [0.1, 0.15) is 11.4 Å². The first-order chi connectivity index (χ1) is 12.1. The van der Waals surface area contributed by atoms with E-state index in [9.17, 15) is 4.79 Å². The summed E-state index contributed by atoms with van der Waals surface area (Å²) in [5, 5.41) is 8.47. The topological polar surface area (TPSA) is 86.4 Å². The van der Waals surface area contributed by atoms with Gasteiger partial charge in [0, 0.05) is 18.0 Å². The van der Waals surface area contributed by atoms with E-state index in [1.807, 2.05) is 26.0 Å². The van der Waals surface area contributed by atoms with Gasteiger partial charge in [-0.1, -0.05) is 17.8 Å². The number of rotatable bonds is 4. The lowest BCUT2D eigenvalue weighted by molar-refractivity contribution is 0.463. The summed E-state index contributed by atoms with van der Waals surface area (Å²) in [7, 11) is 0. The smallest absolute Gasteiger partial charge is 0.277 e. The van der Waals surface area contributed by atoms with E-state index in [0.717, 1.165) is 16.9 Å². The van der Waals surface area contributed by atoms with Crippen LogP contribution in [0.2, 0.25) is 0 Å². The number of hydrogen-bond acceptors (Lipinski definition) is 7. The Morgan fingerprint density at radius 2 is 2.12 bits per heavy atom. The lowest BCUT2D eigenvalue weighted by Crippen LogP contribution is -2.15. The van der Waals surface area contributed by atoms with Gasteiger partial charge in [0.2, 0.25) is 0 Å². The van der Waals surface area contributed by atoms with Gasteiger partial charge in [0.05, 0.1) is 17.5 Å². The number of furan rings is 1. The SMILES string of the molecule is Cc1occc1-c1nnc(SCc2cc(=O)n3cccc(C)c3n2)o1. The van der Waals surface area contributed by atoms with Crippen molar-refractivity contribution >= 4 is 17.4 Å². The molecule has 0 aliphatic carbocycles. The van der Waals surface area contributed by atoms with Crippen molar-refractivity contribution in [2.45, 2.75) is 24.8 Å². The molecule has 0 spiro atoms. The Hall–Kier alpha value is -2.87. The van der Waals surface area contributed by atoms with Gasteiger partial charge in [-0.2, -0.15) is 0 Å². The van der Waals surface area contributed by atoms with E-state index in [-0.39, 0.29) is 5.56 Å². The van der Waals surface area contributed by atoms with Crippen LogP contribution in [0.15, 0.2) is 55.6 Å². The predicted molar refractivity (Wildman–Crippen MR) is 92.5 cm³/mol. The highest BCUT2D eigenvalue weighted by Crippen LogP contribution is 2.27.